The van der Waals surface area contributed by atoms with Crippen LogP contribution in [0, 0.1) is 20.8 Å². The van der Waals surface area contributed by atoms with E-state index in [2.05, 4.69) is 56.5 Å². The van der Waals surface area contributed by atoms with Gasteiger partial charge < -0.3 is 4.89 Å². The Hall–Kier alpha value is -2.41. The van der Waals surface area contributed by atoms with E-state index in [0.717, 1.165) is 34.2 Å². The summed E-state index contributed by atoms with van der Waals surface area (Å²) in [6.07, 6.45) is 2.87. The SMILES string of the molecule is C=COON1C(=O)C(=Cc2ccc(-c3c(C)cc(C)cc3C)cc2)SC1=S. The molecule has 0 aliphatic carbocycles. The molecule has 0 N–H and O–H groups in total. The quantitative estimate of drug-likeness (QED) is 0.219. The van der Waals surface area contributed by atoms with Gasteiger partial charge in [-0.05, 0) is 66.9 Å². The van der Waals surface area contributed by atoms with Crippen LogP contribution in [0.5, 0.6) is 0 Å². The Balaban J connectivity index is 1.85. The highest BCUT2D eigenvalue weighted by molar-refractivity contribution is 8.26. The van der Waals surface area contributed by atoms with Crippen molar-refractivity contribution in [2.24, 2.45) is 0 Å². The van der Waals surface area contributed by atoms with Crippen LogP contribution in [0.3, 0.4) is 0 Å². The monoisotopic (exact) mass is 397 g/mol. The number of hydrogen-bond donors (Lipinski definition) is 0. The molecule has 0 unspecified atom stereocenters. The highest BCUT2D eigenvalue weighted by Gasteiger charge is 2.34. The first-order valence-electron chi connectivity index (χ1n) is 8.31. The Kier molecular flexibility index (Phi) is 5.79. The molecule has 2 aromatic carbocycles. The maximum atomic E-state index is 12.3. The Bertz CT molecular complexity index is 925. The lowest BCUT2D eigenvalue weighted by atomic mass is 9.93. The van der Waals surface area contributed by atoms with Gasteiger partial charge in [0.2, 0.25) is 0 Å². The number of thiocarbonyl (C=S) groups is 1. The topological polar surface area (TPSA) is 38.8 Å². The van der Waals surface area contributed by atoms with Crippen molar-refractivity contribution in [3.63, 3.8) is 0 Å². The number of carbonyl (C=O) groups is 1. The molecule has 4 nitrogen and oxygen atoms in total. The van der Waals surface area contributed by atoms with Crippen LogP contribution in [0.2, 0.25) is 0 Å². The van der Waals surface area contributed by atoms with E-state index in [1.165, 1.54) is 22.3 Å². The molecular weight excluding hydrogens is 378 g/mol. The predicted octanol–water partition coefficient (Wildman–Crippen LogP) is 5.49. The van der Waals surface area contributed by atoms with Crippen LogP contribution >= 0.6 is 24.0 Å². The Morgan fingerprint density at radius 1 is 1.11 bits per heavy atom. The van der Waals surface area contributed by atoms with E-state index in [1.807, 2.05) is 12.1 Å². The third-order valence-corrected chi connectivity index (χ3v) is 5.39. The molecule has 0 atom stereocenters. The van der Waals surface area contributed by atoms with Gasteiger partial charge in [0.25, 0.3) is 5.91 Å². The molecule has 27 heavy (non-hydrogen) atoms. The third-order valence-electron chi connectivity index (χ3n) is 4.12. The summed E-state index contributed by atoms with van der Waals surface area (Å²) >= 11 is 6.30. The number of thioether (sulfide) groups is 1. The summed E-state index contributed by atoms with van der Waals surface area (Å²) in [4.78, 5) is 22.2. The highest BCUT2D eigenvalue weighted by Crippen LogP contribution is 2.34. The fourth-order valence-electron chi connectivity index (χ4n) is 3.12. The summed E-state index contributed by atoms with van der Waals surface area (Å²) in [5, 5.41) is 0.931. The average molecular weight is 398 g/mol. The molecule has 0 bridgehead atoms. The van der Waals surface area contributed by atoms with Gasteiger partial charge >= 0.3 is 0 Å². The van der Waals surface area contributed by atoms with Crippen LogP contribution in [0.15, 0.2) is 54.1 Å². The number of hydrogen-bond acceptors (Lipinski definition) is 5. The van der Waals surface area contributed by atoms with Crippen LogP contribution in [0.25, 0.3) is 17.2 Å². The predicted molar refractivity (Wildman–Crippen MR) is 113 cm³/mol. The fourth-order valence-corrected chi connectivity index (χ4v) is 4.26. The summed E-state index contributed by atoms with van der Waals surface area (Å²) in [6, 6.07) is 12.5. The Morgan fingerprint density at radius 3 is 2.33 bits per heavy atom. The van der Waals surface area contributed by atoms with E-state index in [4.69, 9.17) is 17.2 Å². The lowest BCUT2D eigenvalue weighted by molar-refractivity contribution is -0.350. The number of benzene rings is 2. The Labute approximate surface area is 168 Å². The minimum Gasteiger partial charge on any atom is -0.322 e. The number of aryl methyl sites for hydroxylation is 3. The van der Waals surface area contributed by atoms with Crippen molar-refractivity contribution in [2.75, 3.05) is 0 Å². The van der Waals surface area contributed by atoms with E-state index in [0.29, 0.717) is 4.91 Å². The largest absolute Gasteiger partial charge is 0.322 e. The van der Waals surface area contributed by atoms with Crippen molar-refractivity contribution in [3.05, 3.63) is 76.4 Å². The highest BCUT2D eigenvalue weighted by atomic mass is 32.2. The van der Waals surface area contributed by atoms with E-state index >= 15 is 0 Å². The normalized spacial score (nSPS) is 15.5. The zero-order valence-corrected chi connectivity index (χ0v) is 16.9. The van der Waals surface area contributed by atoms with Gasteiger partial charge in [0, 0.05) is 0 Å². The molecular formula is C21H19NO3S2. The lowest BCUT2D eigenvalue weighted by Gasteiger charge is -2.12. The van der Waals surface area contributed by atoms with Gasteiger partial charge in [0.1, 0.15) is 6.26 Å². The molecule has 1 heterocycles. The van der Waals surface area contributed by atoms with E-state index < -0.39 is 0 Å². The van der Waals surface area contributed by atoms with E-state index in [9.17, 15) is 4.79 Å². The molecule has 2 aromatic rings. The summed E-state index contributed by atoms with van der Waals surface area (Å²) < 4.78 is 0.274. The first-order valence-corrected chi connectivity index (χ1v) is 9.54. The zero-order chi connectivity index (χ0) is 19.6. The number of amides is 1. The molecule has 0 radical (unpaired) electrons. The van der Waals surface area contributed by atoms with Gasteiger partial charge in [-0.1, -0.05) is 65.3 Å². The van der Waals surface area contributed by atoms with Gasteiger partial charge in [0.05, 0.1) is 4.91 Å². The smallest absolute Gasteiger partial charge is 0.293 e. The van der Waals surface area contributed by atoms with Gasteiger partial charge in [0.15, 0.2) is 4.32 Å². The average Bonchev–Trinajstić information content (AvgIpc) is 2.87. The van der Waals surface area contributed by atoms with Gasteiger partial charge in [-0.15, -0.1) is 5.06 Å². The van der Waals surface area contributed by atoms with Crippen molar-refractivity contribution >= 4 is 40.3 Å². The van der Waals surface area contributed by atoms with Crippen molar-refractivity contribution in [1.29, 1.82) is 0 Å². The summed E-state index contributed by atoms with van der Waals surface area (Å²) in [7, 11) is 0. The standard InChI is InChI=1S/C21H19NO3S2/c1-5-24-25-22-20(23)18(27-21(22)26)12-16-6-8-17(9-7-16)19-14(3)10-13(2)11-15(19)4/h5-12H,1H2,2-4H3. The molecule has 3 rings (SSSR count). The summed E-state index contributed by atoms with van der Waals surface area (Å²) in [5.41, 5.74) is 7.06. The second-order valence-corrected chi connectivity index (χ2v) is 7.89. The summed E-state index contributed by atoms with van der Waals surface area (Å²) in [5.74, 6) is -0.360. The molecule has 6 heteroatoms. The first kappa shape index (κ1) is 19.4. The van der Waals surface area contributed by atoms with Crippen LogP contribution in [-0.2, 0) is 14.7 Å². The van der Waals surface area contributed by atoms with Gasteiger partial charge in [-0.2, -0.15) is 0 Å². The third kappa shape index (κ3) is 4.13. The van der Waals surface area contributed by atoms with Crippen molar-refractivity contribution < 1.29 is 14.7 Å². The second-order valence-electron chi connectivity index (χ2n) is 6.21. The van der Waals surface area contributed by atoms with Gasteiger partial charge in [-0.25, -0.2) is 0 Å². The minimum absolute atomic E-state index is 0.274. The number of nitrogens with zero attached hydrogens (tertiary/aromatic N) is 1. The van der Waals surface area contributed by atoms with Crippen molar-refractivity contribution in [3.8, 4) is 11.1 Å². The lowest BCUT2D eigenvalue weighted by Crippen LogP contribution is -2.27. The number of rotatable bonds is 5. The second kappa shape index (κ2) is 8.08. The fraction of sp³-hybridized carbons (Fsp3) is 0.143. The van der Waals surface area contributed by atoms with Gasteiger partial charge in [-0.3, -0.25) is 4.79 Å². The first-order chi connectivity index (χ1) is 12.9. The molecule has 1 saturated heterocycles. The molecule has 0 spiro atoms. The van der Waals surface area contributed by atoms with Crippen LogP contribution in [-0.4, -0.2) is 15.3 Å². The molecule has 138 valence electrons. The molecule has 1 aliphatic heterocycles. The Morgan fingerprint density at radius 2 is 1.74 bits per heavy atom. The maximum absolute atomic E-state index is 12.3. The van der Waals surface area contributed by atoms with Crippen LogP contribution in [0.4, 0.5) is 0 Å². The van der Waals surface area contributed by atoms with Crippen LogP contribution in [0.1, 0.15) is 22.3 Å². The van der Waals surface area contributed by atoms with Crippen molar-refractivity contribution in [2.45, 2.75) is 20.8 Å². The molecule has 0 aromatic heterocycles. The van der Waals surface area contributed by atoms with E-state index in [-0.39, 0.29) is 10.2 Å². The molecule has 0 saturated carbocycles. The minimum atomic E-state index is -0.360. The molecule has 1 aliphatic rings. The number of carbonyl (C=O) groups excluding carboxylic acids is 1. The van der Waals surface area contributed by atoms with Crippen LogP contribution < -0.4 is 0 Å². The molecule has 1 amide bonds. The zero-order valence-electron chi connectivity index (χ0n) is 15.3. The van der Waals surface area contributed by atoms with Crippen molar-refractivity contribution in [1.82, 2.24) is 5.06 Å². The maximum Gasteiger partial charge on any atom is 0.293 e. The molecule has 1 fully saturated rings. The number of hydroxylamine groups is 2. The summed E-state index contributed by atoms with van der Waals surface area (Å²) in [6.45, 7) is 9.71. The van der Waals surface area contributed by atoms with E-state index in [1.54, 1.807) is 6.08 Å².